The molecule has 1 aromatic carbocycles. The molecule has 0 bridgehead atoms. The van der Waals surface area contributed by atoms with Gasteiger partial charge in [0.15, 0.2) is 0 Å². The van der Waals surface area contributed by atoms with Gasteiger partial charge in [-0.3, -0.25) is 0 Å². The van der Waals surface area contributed by atoms with E-state index in [1.54, 1.807) is 0 Å². The predicted octanol–water partition coefficient (Wildman–Crippen LogP) is 1.63. The molecule has 0 N–H and O–H groups in total. The molecular formula is C12H16OSi2. The molecule has 3 heteroatoms. The van der Waals surface area contributed by atoms with Gasteiger partial charge in [0.1, 0.15) is 10.5 Å². The van der Waals surface area contributed by atoms with Crippen molar-refractivity contribution in [2.75, 3.05) is 0 Å². The highest BCUT2D eigenvalue weighted by molar-refractivity contribution is 6.65. The SMILES string of the molecule is C1=Cc2ccccc21.C=C[SiH](C=C)O[SiH3]. The van der Waals surface area contributed by atoms with E-state index >= 15 is 0 Å². The van der Waals surface area contributed by atoms with Crippen LogP contribution in [0.2, 0.25) is 0 Å². The molecule has 0 atom stereocenters. The van der Waals surface area contributed by atoms with Gasteiger partial charge in [0.2, 0.25) is 9.04 Å². The lowest BCUT2D eigenvalue weighted by Crippen LogP contribution is -2.08. The summed E-state index contributed by atoms with van der Waals surface area (Å²) in [5.74, 6) is 0. The maximum atomic E-state index is 5.09. The van der Waals surface area contributed by atoms with Gasteiger partial charge in [-0.2, -0.15) is 0 Å². The Balaban J connectivity index is 0.000000153. The molecule has 0 radical (unpaired) electrons. The molecule has 0 unspecified atom stereocenters. The van der Waals surface area contributed by atoms with Gasteiger partial charge in [0.05, 0.1) is 0 Å². The Bertz CT molecular complexity index is 339. The molecule has 0 amide bonds. The summed E-state index contributed by atoms with van der Waals surface area (Å²) in [4.78, 5) is 0. The molecule has 15 heavy (non-hydrogen) atoms. The molecule has 1 nitrogen and oxygen atoms in total. The van der Waals surface area contributed by atoms with E-state index in [2.05, 4.69) is 49.6 Å². The lowest BCUT2D eigenvalue weighted by atomic mass is 9.99. The summed E-state index contributed by atoms with van der Waals surface area (Å²) in [6.07, 6.45) is 4.24. The third-order valence-corrected chi connectivity index (χ3v) is 5.28. The molecule has 0 saturated carbocycles. The van der Waals surface area contributed by atoms with Crippen molar-refractivity contribution in [3.63, 3.8) is 0 Å². The Morgan fingerprint density at radius 2 is 1.53 bits per heavy atom. The second-order valence-corrected chi connectivity index (χ2v) is 6.89. The number of hydrogen-bond donors (Lipinski definition) is 0. The lowest BCUT2D eigenvalue weighted by Gasteiger charge is -2.06. The summed E-state index contributed by atoms with van der Waals surface area (Å²) in [6.45, 7) is 7.18. The van der Waals surface area contributed by atoms with Crippen molar-refractivity contribution >= 4 is 31.7 Å². The number of rotatable bonds is 3. The maximum absolute atomic E-state index is 5.09. The van der Waals surface area contributed by atoms with Gasteiger partial charge in [0.25, 0.3) is 0 Å². The van der Waals surface area contributed by atoms with Crippen LogP contribution in [0.4, 0.5) is 0 Å². The molecule has 1 aliphatic rings. The summed E-state index contributed by atoms with van der Waals surface area (Å²) >= 11 is 0. The van der Waals surface area contributed by atoms with Crippen LogP contribution >= 0.6 is 0 Å². The van der Waals surface area contributed by atoms with Crippen molar-refractivity contribution in [2.24, 2.45) is 0 Å². The Morgan fingerprint density at radius 3 is 1.67 bits per heavy atom. The molecule has 2 rings (SSSR count). The average molecular weight is 232 g/mol. The quantitative estimate of drug-likeness (QED) is 0.731. The second kappa shape index (κ2) is 6.34. The van der Waals surface area contributed by atoms with Gasteiger partial charge in [0, 0.05) is 0 Å². The third kappa shape index (κ3) is 3.47. The molecule has 0 spiro atoms. The van der Waals surface area contributed by atoms with Crippen LogP contribution in [0.5, 0.6) is 0 Å². The van der Waals surface area contributed by atoms with Crippen molar-refractivity contribution in [2.45, 2.75) is 0 Å². The summed E-state index contributed by atoms with van der Waals surface area (Å²) in [6, 6.07) is 8.36. The first-order chi connectivity index (χ1) is 7.31. The fraction of sp³-hybridized carbons (Fsp3) is 0. The van der Waals surface area contributed by atoms with E-state index in [-0.39, 0.29) is 0 Å². The van der Waals surface area contributed by atoms with Crippen LogP contribution in [-0.2, 0) is 4.12 Å². The first-order valence-electron chi connectivity index (χ1n) is 4.87. The van der Waals surface area contributed by atoms with Gasteiger partial charge in [-0.1, -0.05) is 47.8 Å². The summed E-state index contributed by atoms with van der Waals surface area (Å²) in [5.41, 5.74) is 6.46. The lowest BCUT2D eigenvalue weighted by molar-refractivity contribution is 0.659. The number of fused-ring (bicyclic) bond motifs is 1. The monoisotopic (exact) mass is 232 g/mol. The number of benzene rings is 1. The van der Waals surface area contributed by atoms with Gasteiger partial charge < -0.3 is 4.12 Å². The topological polar surface area (TPSA) is 9.23 Å². The van der Waals surface area contributed by atoms with Crippen LogP contribution in [0.25, 0.3) is 12.2 Å². The summed E-state index contributed by atoms with van der Waals surface area (Å²) in [5, 5.41) is 0. The molecule has 0 aromatic heterocycles. The van der Waals surface area contributed by atoms with E-state index in [0.29, 0.717) is 0 Å². The van der Waals surface area contributed by atoms with Gasteiger partial charge in [-0.15, -0.1) is 13.2 Å². The van der Waals surface area contributed by atoms with Crippen molar-refractivity contribution in [1.29, 1.82) is 0 Å². The predicted molar refractivity (Wildman–Crippen MR) is 73.9 cm³/mol. The van der Waals surface area contributed by atoms with Gasteiger partial charge in [-0.05, 0) is 11.1 Å². The Labute approximate surface area is 96.1 Å². The fourth-order valence-electron chi connectivity index (χ4n) is 1.19. The average Bonchev–Trinajstić information content (AvgIpc) is 2.24. The van der Waals surface area contributed by atoms with Crippen LogP contribution in [0.15, 0.2) is 48.8 Å². The minimum absolute atomic E-state index is 0.811. The Morgan fingerprint density at radius 1 is 1.07 bits per heavy atom. The van der Waals surface area contributed by atoms with Crippen molar-refractivity contribution < 1.29 is 4.12 Å². The fourth-order valence-corrected chi connectivity index (χ4v) is 2.92. The molecule has 0 heterocycles. The smallest absolute Gasteiger partial charge is 0.212 e. The highest BCUT2D eigenvalue weighted by atomic mass is 28.3. The standard InChI is InChI=1S/C8H6.C4H10OSi2/c1-2-4-8-6-5-7(8)3-1;1-3-7(4-2)5-6/h1-6H;3-4,7H,1-2H2,6H3. The summed E-state index contributed by atoms with van der Waals surface area (Å²) < 4.78 is 5.09. The van der Waals surface area contributed by atoms with Gasteiger partial charge >= 0.3 is 0 Å². The third-order valence-electron chi connectivity index (χ3n) is 2.18. The molecule has 78 valence electrons. The van der Waals surface area contributed by atoms with Crippen LogP contribution < -0.4 is 0 Å². The number of hydrogen-bond acceptors (Lipinski definition) is 1. The molecule has 0 fully saturated rings. The highest BCUT2D eigenvalue weighted by Crippen LogP contribution is 2.21. The maximum Gasteiger partial charge on any atom is 0.212 e. The van der Waals surface area contributed by atoms with Crippen LogP contribution in [0.3, 0.4) is 0 Å². The van der Waals surface area contributed by atoms with Crippen molar-refractivity contribution in [3.05, 3.63) is 59.9 Å². The molecule has 1 aromatic rings. The van der Waals surface area contributed by atoms with Crippen molar-refractivity contribution in [1.82, 2.24) is 0 Å². The zero-order valence-corrected chi connectivity index (χ0v) is 12.2. The van der Waals surface area contributed by atoms with Crippen LogP contribution in [-0.4, -0.2) is 19.5 Å². The zero-order chi connectivity index (χ0) is 11.1. The molecule has 1 aliphatic carbocycles. The van der Waals surface area contributed by atoms with Crippen molar-refractivity contribution in [3.8, 4) is 0 Å². The molecule has 0 aliphatic heterocycles. The van der Waals surface area contributed by atoms with E-state index in [1.165, 1.54) is 11.1 Å². The van der Waals surface area contributed by atoms with Gasteiger partial charge in [-0.25, -0.2) is 0 Å². The highest BCUT2D eigenvalue weighted by Gasteiger charge is 1.99. The second-order valence-electron chi connectivity index (χ2n) is 3.13. The molecule has 0 saturated heterocycles. The normalized spacial score (nSPS) is 11.0. The Hall–Kier alpha value is -1.17. The van der Waals surface area contributed by atoms with E-state index < -0.39 is 9.04 Å². The van der Waals surface area contributed by atoms with Crippen LogP contribution in [0, 0.1) is 0 Å². The molecular weight excluding hydrogens is 216 g/mol. The minimum atomic E-state index is -1.08. The van der Waals surface area contributed by atoms with E-state index in [4.69, 9.17) is 4.12 Å². The van der Waals surface area contributed by atoms with E-state index in [1.807, 2.05) is 11.4 Å². The van der Waals surface area contributed by atoms with E-state index in [0.717, 1.165) is 10.5 Å². The van der Waals surface area contributed by atoms with E-state index in [9.17, 15) is 0 Å². The zero-order valence-electron chi connectivity index (χ0n) is 9.02. The summed E-state index contributed by atoms with van der Waals surface area (Å²) in [7, 11) is -0.271. The van der Waals surface area contributed by atoms with Crippen LogP contribution in [0.1, 0.15) is 11.1 Å². The Kier molecular flexibility index (Phi) is 5.03. The largest absolute Gasteiger partial charge is 0.460 e. The first-order valence-corrected chi connectivity index (χ1v) is 7.49. The first kappa shape index (κ1) is 11.9. The minimum Gasteiger partial charge on any atom is -0.460 e.